The molecule has 6 nitrogen and oxygen atoms in total. The Bertz CT molecular complexity index is 1130. The number of halogens is 2. The number of carbonyl (C=O) groups is 3. The van der Waals surface area contributed by atoms with Gasteiger partial charge in [0.1, 0.15) is 5.54 Å². The van der Waals surface area contributed by atoms with E-state index in [1.807, 2.05) is 30.5 Å². The van der Waals surface area contributed by atoms with E-state index in [9.17, 15) is 14.4 Å². The lowest BCUT2D eigenvalue weighted by atomic mass is 9.76. The van der Waals surface area contributed by atoms with Gasteiger partial charge in [0.2, 0.25) is 17.7 Å². The summed E-state index contributed by atoms with van der Waals surface area (Å²) in [6.07, 6.45) is 2.65. The maximum atomic E-state index is 13.7. The number of amides is 3. The average molecular weight is 476 g/mol. The van der Waals surface area contributed by atoms with Gasteiger partial charge in [0, 0.05) is 17.3 Å². The Morgan fingerprint density at radius 3 is 2.58 bits per heavy atom. The third-order valence-corrected chi connectivity index (χ3v) is 7.80. The molecule has 3 amide bonds. The summed E-state index contributed by atoms with van der Waals surface area (Å²) in [5.41, 5.74) is 0.461. The number of para-hydroxylation sites is 1. The first-order valence-electron chi connectivity index (χ1n) is 9.90. The zero-order valence-electron chi connectivity index (χ0n) is 16.5. The molecule has 0 aliphatic carbocycles. The van der Waals surface area contributed by atoms with E-state index in [4.69, 9.17) is 23.2 Å². The topological polar surface area (TPSA) is 78.5 Å². The number of fused-ring (bicyclic) bond motifs is 4. The highest BCUT2D eigenvalue weighted by Gasteiger charge is 2.70. The molecule has 0 aromatic heterocycles. The van der Waals surface area contributed by atoms with Gasteiger partial charge in [-0.25, -0.2) is 4.90 Å². The summed E-state index contributed by atoms with van der Waals surface area (Å²) in [5.74, 6) is -1.71. The Hall–Kier alpha value is -2.06. The molecule has 160 valence electrons. The molecular weight excluding hydrogens is 457 g/mol. The van der Waals surface area contributed by atoms with Gasteiger partial charge in [0.05, 0.1) is 27.6 Å². The lowest BCUT2D eigenvalue weighted by Crippen LogP contribution is -2.53. The molecule has 2 aromatic carbocycles. The van der Waals surface area contributed by atoms with Crippen LogP contribution in [0.5, 0.6) is 0 Å². The highest BCUT2D eigenvalue weighted by Crippen LogP contribution is 2.54. The highest BCUT2D eigenvalue weighted by atomic mass is 35.5. The molecule has 3 aliphatic rings. The summed E-state index contributed by atoms with van der Waals surface area (Å²) in [5, 5.41) is 6.92. The van der Waals surface area contributed by atoms with E-state index in [0.29, 0.717) is 28.4 Å². The Kier molecular flexibility index (Phi) is 5.05. The van der Waals surface area contributed by atoms with Crippen LogP contribution in [0, 0.1) is 11.8 Å². The van der Waals surface area contributed by atoms with Gasteiger partial charge < -0.3 is 5.32 Å². The van der Waals surface area contributed by atoms with Gasteiger partial charge in [-0.15, -0.1) is 0 Å². The third-order valence-electron chi connectivity index (χ3n) is 6.42. The Morgan fingerprint density at radius 1 is 1.06 bits per heavy atom. The van der Waals surface area contributed by atoms with Crippen molar-refractivity contribution in [2.24, 2.45) is 11.8 Å². The van der Waals surface area contributed by atoms with Crippen LogP contribution in [0.25, 0.3) is 0 Å². The number of hydrogen-bond donors (Lipinski definition) is 2. The van der Waals surface area contributed by atoms with Gasteiger partial charge in [0.25, 0.3) is 0 Å². The van der Waals surface area contributed by atoms with E-state index in [0.717, 1.165) is 5.75 Å². The number of benzene rings is 2. The minimum atomic E-state index is -1.28. The van der Waals surface area contributed by atoms with Crippen LogP contribution in [0.4, 0.5) is 11.4 Å². The van der Waals surface area contributed by atoms with Crippen molar-refractivity contribution in [3.8, 4) is 0 Å². The van der Waals surface area contributed by atoms with Gasteiger partial charge in [-0.2, -0.15) is 11.8 Å². The fourth-order valence-electron chi connectivity index (χ4n) is 5.13. The van der Waals surface area contributed by atoms with E-state index in [1.54, 1.807) is 23.9 Å². The van der Waals surface area contributed by atoms with Crippen molar-refractivity contribution in [1.82, 2.24) is 5.32 Å². The molecule has 4 unspecified atom stereocenters. The predicted octanol–water partition coefficient (Wildman–Crippen LogP) is 3.67. The number of carbonyl (C=O) groups excluding carboxylic acids is 3. The molecule has 5 rings (SSSR count). The van der Waals surface area contributed by atoms with E-state index < -0.39 is 23.3 Å². The zero-order chi connectivity index (χ0) is 21.9. The Balaban J connectivity index is 1.65. The Labute approximate surface area is 193 Å². The second kappa shape index (κ2) is 7.52. The molecule has 4 atom stereocenters. The van der Waals surface area contributed by atoms with Crippen LogP contribution < -0.4 is 15.5 Å². The fourth-order valence-corrected chi connectivity index (χ4v) is 5.91. The maximum absolute atomic E-state index is 13.7. The molecule has 0 bridgehead atoms. The number of rotatable bonds is 4. The Morgan fingerprint density at radius 2 is 1.84 bits per heavy atom. The minimum absolute atomic E-state index is 0.257. The molecule has 2 aromatic rings. The van der Waals surface area contributed by atoms with E-state index in [1.165, 1.54) is 11.0 Å². The van der Waals surface area contributed by atoms with Crippen LogP contribution in [0.3, 0.4) is 0 Å². The van der Waals surface area contributed by atoms with Crippen molar-refractivity contribution < 1.29 is 14.4 Å². The molecular formula is C22H19Cl2N3O3S. The first-order chi connectivity index (χ1) is 14.9. The molecule has 2 fully saturated rings. The molecule has 9 heteroatoms. The van der Waals surface area contributed by atoms with Crippen LogP contribution >= 0.6 is 35.0 Å². The summed E-state index contributed by atoms with van der Waals surface area (Å²) in [4.78, 5) is 41.8. The standard InChI is InChI=1S/C22H19Cl2N3O3S/c1-31-9-8-16-17-18(22(26-16)12-4-2-3-5-15(12)25-21(22)30)20(29)27(19(17)28)11-6-7-13(23)14(24)10-11/h2-7,10,16-18,26H,8-9H2,1H3,(H,25,30). The first-order valence-corrected chi connectivity index (χ1v) is 12.1. The second-order valence-electron chi connectivity index (χ2n) is 7.95. The second-order valence-corrected chi connectivity index (χ2v) is 9.75. The van der Waals surface area contributed by atoms with Crippen LogP contribution in [-0.4, -0.2) is 35.8 Å². The summed E-state index contributed by atoms with van der Waals surface area (Å²) < 4.78 is 0. The lowest BCUT2D eigenvalue weighted by molar-refractivity contribution is -0.130. The molecule has 31 heavy (non-hydrogen) atoms. The summed E-state index contributed by atoms with van der Waals surface area (Å²) >= 11 is 13.8. The van der Waals surface area contributed by atoms with Gasteiger partial charge in [-0.1, -0.05) is 41.4 Å². The smallest absolute Gasteiger partial charge is 0.250 e. The van der Waals surface area contributed by atoms with Gasteiger partial charge in [-0.05, 0) is 42.7 Å². The molecule has 0 radical (unpaired) electrons. The van der Waals surface area contributed by atoms with Crippen molar-refractivity contribution >= 4 is 64.1 Å². The first kappa shape index (κ1) is 20.8. The van der Waals surface area contributed by atoms with Gasteiger partial charge in [-0.3, -0.25) is 19.7 Å². The fraction of sp³-hybridized carbons (Fsp3) is 0.318. The number of nitrogens with zero attached hydrogens (tertiary/aromatic N) is 1. The van der Waals surface area contributed by atoms with Crippen LogP contribution in [0.1, 0.15) is 12.0 Å². The third kappa shape index (κ3) is 2.87. The summed E-state index contributed by atoms with van der Waals surface area (Å²) in [6.45, 7) is 0. The number of hydrogen-bond acceptors (Lipinski definition) is 5. The molecule has 2 saturated heterocycles. The highest BCUT2D eigenvalue weighted by molar-refractivity contribution is 7.98. The van der Waals surface area contributed by atoms with Crippen molar-refractivity contribution in [2.45, 2.75) is 18.0 Å². The number of thioether (sulfide) groups is 1. The SMILES string of the molecule is CSCCC1NC2(C(=O)Nc3ccccc32)C2C(=O)N(c3ccc(Cl)c(Cl)c3)C(=O)C12. The normalized spacial score (nSPS) is 28.9. The van der Waals surface area contributed by atoms with Gasteiger partial charge >= 0.3 is 0 Å². The van der Waals surface area contributed by atoms with Crippen molar-refractivity contribution in [3.05, 3.63) is 58.1 Å². The summed E-state index contributed by atoms with van der Waals surface area (Å²) in [6, 6.07) is 11.7. The molecule has 3 heterocycles. The molecule has 0 saturated carbocycles. The number of imide groups is 1. The minimum Gasteiger partial charge on any atom is -0.324 e. The van der Waals surface area contributed by atoms with E-state index in [-0.39, 0.29) is 22.9 Å². The molecule has 1 spiro atoms. The van der Waals surface area contributed by atoms with Crippen molar-refractivity contribution in [2.75, 3.05) is 22.2 Å². The van der Waals surface area contributed by atoms with Gasteiger partial charge in [0.15, 0.2) is 0 Å². The van der Waals surface area contributed by atoms with Crippen molar-refractivity contribution in [1.29, 1.82) is 0 Å². The zero-order valence-corrected chi connectivity index (χ0v) is 18.9. The van der Waals surface area contributed by atoms with Crippen LogP contribution in [0.2, 0.25) is 10.0 Å². The number of nitrogens with one attached hydrogen (secondary N) is 2. The van der Waals surface area contributed by atoms with Crippen molar-refractivity contribution in [3.63, 3.8) is 0 Å². The maximum Gasteiger partial charge on any atom is 0.250 e. The lowest BCUT2D eigenvalue weighted by Gasteiger charge is -2.29. The molecule has 3 aliphatic heterocycles. The predicted molar refractivity (Wildman–Crippen MR) is 123 cm³/mol. The van der Waals surface area contributed by atoms with E-state index in [2.05, 4.69) is 10.6 Å². The van der Waals surface area contributed by atoms with Crippen LogP contribution in [0.15, 0.2) is 42.5 Å². The monoisotopic (exact) mass is 475 g/mol. The van der Waals surface area contributed by atoms with E-state index >= 15 is 0 Å². The van der Waals surface area contributed by atoms with Crippen LogP contribution in [-0.2, 0) is 19.9 Å². The quantitative estimate of drug-likeness (QED) is 0.659. The summed E-state index contributed by atoms with van der Waals surface area (Å²) in [7, 11) is 0. The average Bonchev–Trinajstić information content (AvgIpc) is 3.33. The molecule has 2 N–H and O–H groups in total. The largest absolute Gasteiger partial charge is 0.324 e. The number of anilines is 2.